The average molecular weight is 279 g/mol. The summed E-state index contributed by atoms with van der Waals surface area (Å²) in [6.45, 7) is 2.30. The van der Waals surface area contributed by atoms with Crippen LogP contribution in [-0.4, -0.2) is 31.2 Å². The lowest BCUT2D eigenvalue weighted by molar-refractivity contribution is 0.268. The van der Waals surface area contributed by atoms with Crippen LogP contribution in [-0.2, 0) is 0 Å². The molecule has 1 N–H and O–H groups in total. The number of benzene rings is 1. The van der Waals surface area contributed by atoms with Gasteiger partial charge < -0.3 is 10.1 Å². The van der Waals surface area contributed by atoms with Crippen LogP contribution in [0.25, 0.3) is 0 Å². The van der Waals surface area contributed by atoms with Gasteiger partial charge >= 0.3 is 0 Å². The van der Waals surface area contributed by atoms with E-state index < -0.39 is 0 Å². The molecule has 106 valence electrons. The predicted molar refractivity (Wildman–Crippen MR) is 84.4 cm³/mol. The molecule has 0 aliphatic heterocycles. The Morgan fingerprint density at radius 3 is 2.58 bits per heavy atom. The third-order valence-electron chi connectivity index (χ3n) is 4.00. The standard InChI is InChI=1S/C16H25NOS/c1-12(8-9-19-3)17-15-10-14(11-15)13-4-6-16(18-2)7-5-13/h4-7,12,14-15,17H,8-11H2,1-3H3. The smallest absolute Gasteiger partial charge is 0.118 e. The van der Waals surface area contributed by atoms with E-state index in [1.165, 1.54) is 30.6 Å². The van der Waals surface area contributed by atoms with E-state index >= 15 is 0 Å². The van der Waals surface area contributed by atoms with Gasteiger partial charge in [-0.1, -0.05) is 12.1 Å². The Morgan fingerprint density at radius 2 is 2.00 bits per heavy atom. The highest BCUT2D eigenvalue weighted by atomic mass is 32.2. The zero-order chi connectivity index (χ0) is 13.7. The van der Waals surface area contributed by atoms with Gasteiger partial charge in [-0.2, -0.15) is 11.8 Å². The first-order valence-corrected chi connectivity index (χ1v) is 8.51. The predicted octanol–water partition coefficient (Wildman–Crippen LogP) is 3.67. The Hall–Kier alpha value is -0.670. The first-order chi connectivity index (χ1) is 9.22. The van der Waals surface area contributed by atoms with Crippen molar-refractivity contribution >= 4 is 11.8 Å². The Labute approximate surface area is 121 Å². The molecular weight excluding hydrogens is 254 g/mol. The van der Waals surface area contributed by atoms with Crippen molar-refractivity contribution in [2.45, 2.75) is 44.2 Å². The Kier molecular flexibility index (Phi) is 5.59. The third kappa shape index (κ3) is 4.15. The van der Waals surface area contributed by atoms with Crippen molar-refractivity contribution in [2.24, 2.45) is 0 Å². The molecule has 2 rings (SSSR count). The molecule has 0 radical (unpaired) electrons. The van der Waals surface area contributed by atoms with E-state index in [1.54, 1.807) is 7.11 Å². The van der Waals surface area contributed by atoms with Crippen LogP contribution in [0.1, 0.15) is 37.7 Å². The van der Waals surface area contributed by atoms with Gasteiger partial charge in [0.25, 0.3) is 0 Å². The summed E-state index contributed by atoms with van der Waals surface area (Å²) < 4.78 is 5.20. The van der Waals surface area contributed by atoms with E-state index in [0.717, 1.165) is 11.7 Å². The summed E-state index contributed by atoms with van der Waals surface area (Å²) >= 11 is 1.93. The molecule has 1 aromatic carbocycles. The SMILES string of the molecule is COc1ccc(C2CC(NC(C)CCSC)C2)cc1. The topological polar surface area (TPSA) is 21.3 Å². The van der Waals surface area contributed by atoms with Gasteiger partial charge in [0.05, 0.1) is 7.11 Å². The van der Waals surface area contributed by atoms with Crippen LogP contribution in [0, 0.1) is 0 Å². The van der Waals surface area contributed by atoms with Crippen LogP contribution in [0.2, 0.25) is 0 Å². The van der Waals surface area contributed by atoms with E-state index in [1.807, 2.05) is 11.8 Å². The van der Waals surface area contributed by atoms with Crippen molar-refractivity contribution in [3.05, 3.63) is 29.8 Å². The van der Waals surface area contributed by atoms with Gasteiger partial charge in [-0.15, -0.1) is 0 Å². The molecule has 1 aliphatic carbocycles. The number of rotatable bonds is 7. The molecular formula is C16H25NOS. The monoisotopic (exact) mass is 279 g/mol. The number of hydrogen-bond donors (Lipinski definition) is 1. The summed E-state index contributed by atoms with van der Waals surface area (Å²) in [6, 6.07) is 9.90. The molecule has 0 aromatic heterocycles. The lowest BCUT2D eigenvalue weighted by atomic mass is 9.75. The molecule has 1 fully saturated rings. The van der Waals surface area contributed by atoms with Crippen LogP contribution in [0.3, 0.4) is 0 Å². The summed E-state index contributed by atoms with van der Waals surface area (Å²) in [5.74, 6) is 2.93. The van der Waals surface area contributed by atoms with Gasteiger partial charge in [0.1, 0.15) is 5.75 Å². The first kappa shape index (κ1) is 14.7. The van der Waals surface area contributed by atoms with Crippen molar-refractivity contribution in [2.75, 3.05) is 19.1 Å². The molecule has 0 amide bonds. The molecule has 0 spiro atoms. The summed E-state index contributed by atoms with van der Waals surface area (Å²) in [4.78, 5) is 0. The molecule has 19 heavy (non-hydrogen) atoms. The first-order valence-electron chi connectivity index (χ1n) is 7.12. The number of nitrogens with one attached hydrogen (secondary N) is 1. The summed E-state index contributed by atoms with van der Waals surface area (Å²) in [5, 5.41) is 3.74. The Balaban J connectivity index is 1.73. The van der Waals surface area contributed by atoms with Crippen LogP contribution in [0.15, 0.2) is 24.3 Å². The van der Waals surface area contributed by atoms with Crippen LogP contribution in [0.5, 0.6) is 5.75 Å². The van der Waals surface area contributed by atoms with Crippen LogP contribution in [0.4, 0.5) is 0 Å². The lowest BCUT2D eigenvalue weighted by Crippen LogP contribution is -2.44. The maximum atomic E-state index is 5.20. The minimum absolute atomic E-state index is 0.647. The molecule has 1 aliphatic rings. The van der Waals surface area contributed by atoms with Gasteiger partial charge in [-0.25, -0.2) is 0 Å². The fraction of sp³-hybridized carbons (Fsp3) is 0.625. The van der Waals surface area contributed by atoms with Gasteiger partial charge in [-0.3, -0.25) is 0 Å². The quantitative estimate of drug-likeness (QED) is 0.823. The molecule has 0 saturated heterocycles. The lowest BCUT2D eigenvalue weighted by Gasteiger charge is -2.38. The van der Waals surface area contributed by atoms with Crippen LogP contribution >= 0.6 is 11.8 Å². The van der Waals surface area contributed by atoms with E-state index in [4.69, 9.17) is 4.74 Å². The normalized spacial score (nSPS) is 23.7. The summed E-state index contributed by atoms with van der Waals surface area (Å²) in [7, 11) is 1.72. The number of thioether (sulfide) groups is 1. The van der Waals surface area contributed by atoms with E-state index in [2.05, 4.69) is 42.8 Å². The van der Waals surface area contributed by atoms with E-state index in [0.29, 0.717) is 12.1 Å². The third-order valence-corrected chi connectivity index (χ3v) is 4.64. The zero-order valence-electron chi connectivity index (χ0n) is 12.2. The summed E-state index contributed by atoms with van der Waals surface area (Å²) in [5.41, 5.74) is 1.45. The Morgan fingerprint density at radius 1 is 1.32 bits per heavy atom. The second kappa shape index (κ2) is 7.20. The maximum Gasteiger partial charge on any atom is 0.118 e. The van der Waals surface area contributed by atoms with Gasteiger partial charge in [0, 0.05) is 12.1 Å². The highest BCUT2D eigenvalue weighted by Gasteiger charge is 2.30. The minimum Gasteiger partial charge on any atom is -0.497 e. The fourth-order valence-electron chi connectivity index (χ4n) is 2.68. The highest BCUT2D eigenvalue weighted by molar-refractivity contribution is 7.98. The number of ether oxygens (including phenoxy) is 1. The largest absolute Gasteiger partial charge is 0.497 e. The van der Waals surface area contributed by atoms with E-state index in [9.17, 15) is 0 Å². The fourth-order valence-corrected chi connectivity index (χ4v) is 3.27. The van der Waals surface area contributed by atoms with Gasteiger partial charge in [-0.05, 0) is 61.8 Å². The zero-order valence-corrected chi connectivity index (χ0v) is 13.0. The average Bonchev–Trinajstić information content (AvgIpc) is 2.40. The second-order valence-electron chi connectivity index (χ2n) is 5.49. The van der Waals surface area contributed by atoms with Crippen molar-refractivity contribution in [1.82, 2.24) is 5.32 Å². The molecule has 0 heterocycles. The van der Waals surface area contributed by atoms with Crippen molar-refractivity contribution in [3.63, 3.8) is 0 Å². The number of hydrogen-bond acceptors (Lipinski definition) is 3. The molecule has 1 atom stereocenters. The second-order valence-corrected chi connectivity index (χ2v) is 6.47. The maximum absolute atomic E-state index is 5.20. The minimum atomic E-state index is 0.647. The molecule has 2 nitrogen and oxygen atoms in total. The van der Waals surface area contributed by atoms with Crippen LogP contribution < -0.4 is 10.1 Å². The molecule has 1 saturated carbocycles. The highest BCUT2D eigenvalue weighted by Crippen LogP contribution is 2.37. The molecule has 0 bridgehead atoms. The van der Waals surface area contributed by atoms with Crippen molar-refractivity contribution < 1.29 is 4.74 Å². The van der Waals surface area contributed by atoms with E-state index in [-0.39, 0.29) is 0 Å². The van der Waals surface area contributed by atoms with Gasteiger partial charge in [0.2, 0.25) is 0 Å². The summed E-state index contributed by atoms with van der Waals surface area (Å²) in [6.07, 6.45) is 5.99. The molecule has 1 aromatic rings. The molecule has 1 unspecified atom stereocenters. The van der Waals surface area contributed by atoms with Gasteiger partial charge in [0.15, 0.2) is 0 Å². The molecule has 3 heteroatoms. The van der Waals surface area contributed by atoms with Crippen molar-refractivity contribution in [1.29, 1.82) is 0 Å². The van der Waals surface area contributed by atoms with Crippen molar-refractivity contribution in [3.8, 4) is 5.75 Å². The number of methoxy groups -OCH3 is 1. The Bertz CT molecular complexity index is 373.